The van der Waals surface area contributed by atoms with Gasteiger partial charge in [0.05, 0.1) is 18.4 Å². The third-order valence-electron chi connectivity index (χ3n) is 5.21. The molecule has 11 nitrogen and oxygen atoms in total. The average molecular weight is 571 g/mol. The molecule has 0 spiro atoms. The van der Waals surface area contributed by atoms with E-state index < -0.39 is 10.0 Å². The van der Waals surface area contributed by atoms with E-state index in [1.54, 1.807) is 14.2 Å². The standard InChI is InChI=1S/C18H33N7O4S.HI/c1-19-18(20-8-10-30(26,27)21-11-15-5-3-4-9-29-15)22-14-6-7-17-23-16(13-28-2)24-25(17)12-14;/h14-15,21H,3-13H2,1-2H3,(H2,19,20,22);1H. The highest BCUT2D eigenvalue weighted by molar-refractivity contribution is 14.0. The van der Waals surface area contributed by atoms with Crippen LogP contribution in [0.15, 0.2) is 4.99 Å². The molecule has 13 heteroatoms. The zero-order valence-electron chi connectivity index (χ0n) is 18.2. The second-order valence-electron chi connectivity index (χ2n) is 7.59. The van der Waals surface area contributed by atoms with Crippen LogP contribution in [0.1, 0.15) is 37.3 Å². The first-order chi connectivity index (χ1) is 14.5. The largest absolute Gasteiger partial charge is 0.377 e. The Morgan fingerprint density at radius 3 is 2.90 bits per heavy atom. The lowest BCUT2D eigenvalue weighted by Gasteiger charge is -2.25. The Balaban J connectivity index is 0.00000341. The number of aryl methyl sites for hydroxylation is 1. The summed E-state index contributed by atoms with van der Waals surface area (Å²) in [5.74, 6) is 2.19. The van der Waals surface area contributed by atoms with Gasteiger partial charge in [-0.3, -0.25) is 4.99 Å². The van der Waals surface area contributed by atoms with Crippen molar-refractivity contribution in [3.8, 4) is 0 Å². The molecule has 0 aromatic carbocycles. The molecule has 0 aliphatic carbocycles. The predicted molar refractivity (Wildman–Crippen MR) is 128 cm³/mol. The highest BCUT2D eigenvalue weighted by Crippen LogP contribution is 2.14. The van der Waals surface area contributed by atoms with Crippen LogP contribution in [-0.4, -0.2) is 80.9 Å². The van der Waals surface area contributed by atoms with E-state index >= 15 is 0 Å². The van der Waals surface area contributed by atoms with Gasteiger partial charge < -0.3 is 20.1 Å². The molecule has 1 saturated heterocycles. The van der Waals surface area contributed by atoms with Crippen molar-refractivity contribution in [3.63, 3.8) is 0 Å². The van der Waals surface area contributed by atoms with Crippen LogP contribution < -0.4 is 15.4 Å². The number of guanidine groups is 1. The highest BCUT2D eigenvalue weighted by atomic mass is 127. The van der Waals surface area contributed by atoms with Crippen LogP contribution in [0, 0.1) is 0 Å². The van der Waals surface area contributed by atoms with Crippen LogP contribution in [-0.2, 0) is 39.1 Å². The lowest BCUT2D eigenvalue weighted by molar-refractivity contribution is 0.0200. The van der Waals surface area contributed by atoms with Crippen molar-refractivity contribution in [2.75, 3.05) is 39.6 Å². The van der Waals surface area contributed by atoms with Gasteiger partial charge >= 0.3 is 0 Å². The maximum atomic E-state index is 12.2. The Labute approximate surface area is 201 Å². The van der Waals surface area contributed by atoms with Gasteiger partial charge in [-0.15, -0.1) is 24.0 Å². The molecule has 3 N–H and O–H groups in total. The van der Waals surface area contributed by atoms with Crippen molar-refractivity contribution in [1.29, 1.82) is 0 Å². The molecule has 178 valence electrons. The Kier molecular flexibility index (Phi) is 10.9. The number of aromatic nitrogens is 3. The van der Waals surface area contributed by atoms with Crippen molar-refractivity contribution < 1.29 is 17.9 Å². The summed E-state index contributed by atoms with van der Waals surface area (Å²) in [4.78, 5) is 8.68. The molecule has 0 saturated carbocycles. The summed E-state index contributed by atoms with van der Waals surface area (Å²) in [5.41, 5.74) is 0. The number of halogens is 1. The van der Waals surface area contributed by atoms with Gasteiger partial charge in [0.2, 0.25) is 10.0 Å². The third kappa shape index (κ3) is 8.44. The number of hydrogen-bond acceptors (Lipinski definition) is 7. The molecule has 2 atom stereocenters. The number of hydrogen-bond donors (Lipinski definition) is 3. The van der Waals surface area contributed by atoms with Gasteiger partial charge in [-0.2, -0.15) is 5.10 Å². The molecule has 0 amide bonds. The van der Waals surface area contributed by atoms with Gasteiger partial charge in [0.25, 0.3) is 0 Å². The molecule has 3 heterocycles. The van der Waals surface area contributed by atoms with Gasteiger partial charge in [0, 0.05) is 46.3 Å². The van der Waals surface area contributed by atoms with Gasteiger partial charge in [-0.1, -0.05) is 0 Å². The van der Waals surface area contributed by atoms with E-state index in [9.17, 15) is 8.42 Å². The van der Waals surface area contributed by atoms with Crippen molar-refractivity contribution in [2.24, 2.45) is 4.99 Å². The van der Waals surface area contributed by atoms with Crippen LogP contribution in [0.2, 0.25) is 0 Å². The summed E-state index contributed by atoms with van der Waals surface area (Å²) in [6.07, 6.45) is 4.72. The number of aliphatic imine (C=N–C) groups is 1. The van der Waals surface area contributed by atoms with E-state index in [1.807, 2.05) is 4.68 Å². The minimum Gasteiger partial charge on any atom is -0.377 e. The van der Waals surface area contributed by atoms with Crippen molar-refractivity contribution in [3.05, 3.63) is 11.6 Å². The molecule has 0 radical (unpaired) electrons. The van der Waals surface area contributed by atoms with E-state index in [2.05, 4.69) is 30.4 Å². The topological polar surface area (TPSA) is 132 Å². The molecule has 1 aromatic heterocycles. The molecule has 1 fully saturated rings. The number of sulfonamides is 1. The summed E-state index contributed by atoms with van der Waals surface area (Å²) in [5, 5.41) is 10.9. The lowest BCUT2D eigenvalue weighted by Crippen LogP contribution is -2.48. The minimum atomic E-state index is -3.37. The second-order valence-corrected chi connectivity index (χ2v) is 9.52. The van der Waals surface area contributed by atoms with E-state index in [-0.39, 0.29) is 48.4 Å². The molecular formula is C18H34IN7O4S. The van der Waals surface area contributed by atoms with Gasteiger partial charge in [-0.05, 0) is 25.7 Å². The smallest absolute Gasteiger partial charge is 0.213 e. The SMILES string of the molecule is CN=C(NCCS(=O)(=O)NCC1CCCCO1)NC1CCc2nc(COC)nn2C1.I. The Morgan fingerprint density at radius 2 is 2.19 bits per heavy atom. The first kappa shape index (κ1) is 26.2. The molecule has 1 aromatic rings. The summed E-state index contributed by atoms with van der Waals surface area (Å²) >= 11 is 0. The fraction of sp³-hybridized carbons (Fsp3) is 0.833. The predicted octanol–water partition coefficient (Wildman–Crippen LogP) is 0.0108. The molecule has 2 aliphatic rings. The molecule has 0 bridgehead atoms. The summed E-state index contributed by atoms with van der Waals surface area (Å²) in [6.45, 7) is 2.38. The van der Waals surface area contributed by atoms with Gasteiger partial charge in [0.15, 0.2) is 11.8 Å². The van der Waals surface area contributed by atoms with E-state index in [0.717, 1.165) is 37.9 Å². The lowest BCUT2D eigenvalue weighted by atomic mass is 10.1. The van der Waals surface area contributed by atoms with Gasteiger partial charge in [-0.25, -0.2) is 22.8 Å². The number of nitrogens with one attached hydrogen (secondary N) is 3. The van der Waals surface area contributed by atoms with Crippen LogP contribution in [0.3, 0.4) is 0 Å². The summed E-state index contributed by atoms with van der Waals surface area (Å²) < 4.78 is 39.7. The van der Waals surface area contributed by atoms with E-state index in [4.69, 9.17) is 9.47 Å². The van der Waals surface area contributed by atoms with Gasteiger partial charge in [0.1, 0.15) is 12.4 Å². The fourth-order valence-electron chi connectivity index (χ4n) is 3.62. The highest BCUT2D eigenvalue weighted by Gasteiger charge is 2.23. The zero-order chi connectivity index (χ0) is 21.4. The molecule has 2 unspecified atom stereocenters. The normalized spacial score (nSPS) is 21.8. The minimum absolute atomic E-state index is 0. The molecule has 2 aliphatic heterocycles. The zero-order valence-corrected chi connectivity index (χ0v) is 21.3. The number of rotatable bonds is 9. The average Bonchev–Trinajstić information content (AvgIpc) is 3.14. The van der Waals surface area contributed by atoms with Crippen LogP contribution in [0.5, 0.6) is 0 Å². The van der Waals surface area contributed by atoms with E-state index in [1.165, 1.54) is 0 Å². The maximum Gasteiger partial charge on any atom is 0.213 e. The fourth-order valence-corrected chi connectivity index (χ4v) is 4.58. The van der Waals surface area contributed by atoms with Crippen molar-refractivity contribution in [1.82, 2.24) is 30.1 Å². The summed E-state index contributed by atoms with van der Waals surface area (Å²) in [6, 6.07) is 0.138. The van der Waals surface area contributed by atoms with Crippen LogP contribution in [0.4, 0.5) is 0 Å². The number of ether oxygens (including phenoxy) is 2. The monoisotopic (exact) mass is 571 g/mol. The number of methoxy groups -OCH3 is 1. The van der Waals surface area contributed by atoms with Crippen LogP contribution >= 0.6 is 24.0 Å². The molecule has 31 heavy (non-hydrogen) atoms. The van der Waals surface area contributed by atoms with E-state index in [0.29, 0.717) is 38.1 Å². The Hall–Kier alpha value is -1.03. The van der Waals surface area contributed by atoms with Crippen LogP contribution in [0.25, 0.3) is 0 Å². The second kappa shape index (κ2) is 12.9. The number of nitrogens with zero attached hydrogens (tertiary/aromatic N) is 4. The Morgan fingerprint density at radius 1 is 1.35 bits per heavy atom. The quantitative estimate of drug-likeness (QED) is 0.215. The first-order valence-electron chi connectivity index (χ1n) is 10.5. The van der Waals surface area contributed by atoms with Crippen molar-refractivity contribution in [2.45, 2.75) is 57.4 Å². The molecular weight excluding hydrogens is 537 g/mol. The summed E-state index contributed by atoms with van der Waals surface area (Å²) in [7, 11) is -0.0761. The molecule has 3 rings (SSSR count). The Bertz CT molecular complexity index is 812. The first-order valence-corrected chi connectivity index (χ1v) is 12.1. The third-order valence-corrected chi connectivity index (χ3v) is 6.56. The van der Waals surface area contributed by atoms with Crippen molar-refractivity contribution >= 4 is 40.0 Å². The maximum absolute atomic E-state index is 12.2. The number of fused-ring (bicyclic) bond motifs is 1.